The van der Waals surface area contributed by atoms with Crippen molar-refractivity contribution in [2.45, 2.75) is 18.2 Å². The fraction of sp³-hybridized carbons (Fsp3) is 0.200. The molecule has 1 atom stereocenters. The highest BCUT2D eigenvalue weighted by Crippen LogP contribution is 2.40. The number of amides is 1. The summed E-state index contributed by atoms with van der Waals surface area (Å²) in [4.78, 5) is 30.2. The maximum atomic E-state index is 13.0. The third-order valence-corrected chi connectivity index (χ3v) is 5.56. The maximum absolute atomic E-state index is 13.0. The van der Waals surface area contributed by atoms with E-state index in [1.165, 1.54) is 18.7 Å². The molecule has 0 spiro atoms. The van der Waals surface area contributed by atoms with E-state index < -0.39 is 6.17 Å². The number of rotatable bonds is 2. The van der Waals surface area contributed by atoms with Crippen molar-refractivity contribution >= 4 is 23.4 Å². The van der Waals surface area contributed by atoms with Crippen molar-refractivity contribution in [3.8, 4) is 22.8 Å². The molecule has 2 aliphatic rings. The second-order valence-electron chi connectivity index (χ2n) is 6.65. The number of H-pyrrole nitrogens is 1. The molecule has 0 aliphatic carbocycles. The molecule has 9 heteroatoms. The third kappa shape index (κ3) is 2.69. The molecule has 1 unspecified atom stereocenters. The van der Waals surface area contributed by atoms with Crippen LogP contribution in [0.5, 0.6) is 11.5 Å². The molecule has 2 aromatic carbocycles. The van der Waals surface area contributed by atoms with Crippen LogP contribution < -0.4 is 24.6 Å². The van der Waals surface area contributed by atoms with Crippen molar-refractivity contribution in [3.63, 3.8) is 0 Å². The molecule has 0 fully saturated rings. The molecule has 0 saturated heterocycles. The standard InChI is InChI=1S/C20H16N4O4S/c1-11(25)23-14-6-4-3-5-13(14)17-18(26)21-20(29-2)22-24(17)19(23)12-7-8-15-16(9-12)28-10-27-15/h3-9,19H,10H2,1-2H3/p+1. The smallest absolute Gasteiger partial charge is 0.325 e. The van der Waals surface area contributed by atoms with E-state index in [1.807, 2.05) is 42.7 Å². The second-order valence-corrected chi connectivity index (χ2v) is 7.44. The number of benzene rings is 2. The SMILES string of the molecule is CSc1n[n+]2c(c(=O)[nH]1)-c1ccccc1N(C(C)=O)C2c1ccc2c(c1)OCO2. The van der Waals surface area contributed by atoms with E-state index in [9.17, 15) is 9.59 Å². The topological polar surface area (TPSA) is 88.4 Å². The Hall–Kier alpha value is -3.33. The first-order valence-electron chi connectivity index (χ1n) is 8.97. The summed E-state index contributed by atoms with van der Waals surface area (Å²) in [5.41, 5.74) is 2.22. The van der Waals surface area contributed by atoms with E-state index in [4.69, 9.17) is 9.47 Å². The van der Waals surface area contributed by atoms with Gasteiger partial charge in [-0.3, -0.25) is 14.6 Å². The van der Waals surface area contributed by atoms with Crippen LogP contribution in [0.4, 0.5) is 5.69 Å². The Kier molecular flexibility index (Phi) is 4.06. The first kappa shape index (κ1) is 17.7. The van der Waals surface area contributed by atoms with Crippen LogP contribution in [0, 0.1) is 0 Å². The van der Waals surface area contributed by atoms with E-state index in [2.05, 4.69) is 10.1 Å². The van der Waals surface area contributed by atoms with Gasteiger partial charge >= 0.3 is 11.3 Å². The van der Waals surface area contributed by atoms with Gasteiger partial charge in [-0.1, -0.05) is 23.9 Å². The summed E-state index contributed by atoms with van der Waals surface area (Å²) in [6.07, 6.45) is 1.19. The molecule has 0 radical (unpaired) electrons. The molecule has 3 heterocycles. The van der Waals surface area contributed by atoms with Crippen molar-refractivity contribution in [2.24, 2.45) is 0 Å². The fourth-order valence-electron chi connectivity index (χ4n) is 3.78. The number of carbonyl (C=O) groups is 1. The average molecular weight is 409 g/mol. The number of anilines is 1. The molecule has 2 aliphatic heterocycles. The highest BCUT2D eigenvalue weighted by atomic mass is 32.2. The summed E-state index contributed by atoms with van der Waals surface area (Å²) in [5, 5.41) is 5.10. The van der Waals surface area contributed by atoms with Crippen LogP contribution in [-0.2, 0) is 4.79 Å². The van der Waals surface area contributed by atoms with Gasteiger partial charge < -0.3 is 9.47 Å². The van der Waals surface area contributed by atoms with Gasteiger partial charge in [0.15, 0.2) is 11.5 Å². The molecule has 0 bridgehead atoms. The highest BCUT2D eigenvalue weighted by Gasteiger charge is 2.45. The average Bonchev–Trinajstić information content (AvgIpc) is 3.19. The highest BCUT2D eigenvalue weighted by molar-refractivity contribution is 7.98. The normalized spacial score (nSPS) is 16.3. The fourth-order valence-corrected chi connectivity index (χ4v) is 4.14. The van der Waals surface area contributed by atoms with Gasteiger partial charge in [0.25, 0.3) is 6.17 Å². The van der Waals surface area contributed by atoms with E-state index in [-0.39, 0.29) is 18.3 Å². The molecule has 8 nitrogen and oxygen atoms in total. The molecule has 146 valence electrons. The summed E-state index contributed by atoms with van der Waals surface area (Å²) in [5.74, 6) is 1.08. The number of thioether (sulfide) groups is 1. The predicted molar refractivity (Wildman–Crippen MR) is 106 cm³/mol. The number of carbonyl (C=O) groups excluding carboxylic acids is 1. The van der Waals surface area contributed by atoms with Crippen molar-refractivity contribution in [2.75, 3.05) is 17.9 Å². The summed E-state index contributed by atoms with van der Waals surface area (Å²) >= 11 is 1.33. The molecule has 1 aromatic heterocycles. The number of ether oxygens (including phenoxy) is 2. The first-order chi connectivity index (χ1) is 14.1. The summed E-state index contributed by atoms with van der Waals surface area (Å²) in [6, 6.07) is 12.8. The zero-order valence-electron chi connectivity index (χ0n) is 15.7. The third-order valence-electron chi connectivity index (χ3n) is 4.99. The lowest BCUT2D eigenvalue weighted by atomic mass is 10.0. The zero-order valence-corrected chi connectivity index (χ0v) is 16.5. The van der Waals surface area contributed by atoms with E-state index in [0.29, 0.717) is 33.6 Å². The lowest BCUT2D eigenvalue weighted by Gasteiger charge is -2.31. The van der Waals surface area contributed by atoms with Crippen LogP contribution >= 0.6 is 11.8 Å². The molecular weight excluding hydrogens is 392 g/mol. The van der Waals surface area contributed by atoms with Crippen molar-refractivity contribution in [3.05, 3.63) is 58.4 Å². The number of nitrogens with one attached hydrogen (secondary N) is 1. The van der Waals surface area contributed by atoms with Crippen LogP contribution in [0.2, 0.25) is 0 Å². The van der Waals surface area contributed by atoms with Gasteiger partial charge in [0.1, 0.15) is 0 Å². The Morgan fingerprint density at radius 1 is 1.24 bits per heavy atom. The van der Waals surface area contributed by atoms with Crippen LogP contribution in [0.1, 0.15) is 18.7 Å². The van der Waals surface area contributed by atoms with E-state index in [0.717, 1.165) is 5.56 Å². The monoisotopic (exact) mass is 409 g/mol. The Balaban J connectivity index is 1.83. The first-order valence-corrected chi connectivity index (χ1v) is 10.2. The number of fused-ring (bicyclic) bond motifs is 4. The Labute approximate surface area is 170 Å². The summed E-state index contributed by atoms with van der Waals surface area (Å²) in [6.45, 7) is 1.66. The predicted octanol–water partition coefficient (Wildman–Crippen LogP) is 2.09. The van der Waals surface area contributed by atoms with Gasteiger partial charge in [0.2, 0.25) is 17.9 Å². The van der Waals surface area contributed by atoms with Gasteiger partial charge in [-0.05, 0) is 41.3 Å². The maximum Gasteiger partial charge on any atom is 0.325 e. The van der Waals surface area contributed by atoms with Gasteiger partial charge in [0, 0.05) is 17.6 Å². The number of nitrogens with zero attached hydrogens (tertiary/aromatic N) is 3. The van der Waals surface area contributed by atoms with Gasteiger partial charge in [-0.15, -0.1) is 0 Å². The minimum Gasteiger partial charge on any atom is -0.454 e. The number of hydrogen-bond acceptors (Lipinski definition) is 6. The molecule has 3 aromatic rings. The van der Waals surface area contributed by atoms with Crippen molar-refractivity contribution in [1.29, 1.82) is 0 Å². The molecule has 29 heavy (non-hydrogen) atoms. The van der Waals surface area contributed by atoms with Gasteiger partial charge in [-0.25, -0.2) is 4.90 Å². The van der Waals surface area contributed by atoms with E-state index >= 15 is 0 Å². The Morgan fingerprint density at radius 3 is 2.83 bits per heavy atom. The summed E-state index contributed by atoms with van der Waals surface area (Å²) < 4.78 is 12.6. The van der Waals surface area contributed by atoms with Crippen molar-refractivity contribution in [1.82, 2.24) is 10.1 Å². The number of para-hydroxylation sites is 1. The van der Waals surface area contributed by atoms with Gasteiger partial charge in [-0.2, -0.15) is 0 Å². The molecule has 1 amide bonds. The van der Waals surface area contributed by atoms with Crippen LogP contribution in [-0.4, -0.2) is 29.0 Å². The quantitative estimate of drug-likeness (QED) is 0.515. The minimum absolute atomic E-state index is 0.154. The molecule has 5 rings (SSSR count). The molecule has 0 saturated carbocycles. The van der Waals surface area contributed by atoms with E-state index in [1.54, 1.807) is 15.6 Å². The van der Waals surface area contributed by atoms with Crippen LogP contribution in [0.3, 0.4) is 0 Å². The van der Waals surface area contributed by atoms with Crippen LogP contribution in [0.15, 0.2) is 52.4 Å². The second kappa shape index (κ2) is 6.63. The largest absolute Gasteiger partial charge is 0.454 e. The number of hydrogen-bond donors (Lipinski definition) is 1. The Bertz CT molecular complexity index is 1210. The zero-order chi connectivity index (χ0) is 20.1. The van der Waals surface area contributed by atoms with Crippen molar-refractivity contribution < 1.29 is 19.0 Å². The number of aromatic nitrogens is 3. The minimum atomic E-state index is -0.639. The lowest BCUT2D eigenvalue weighted by molar-refractivity contribution is -0.763. The Morgan fingerprint density at radius 2 is 2.03 bits per heavy atom. The summed E-state index contributed by atoms with van der Waals surface area (Å²) in [7, 11) is 0. The lowest BCUT2D eigenvalue weighted by Crippen LogP contribution is -2.60. The number of aromatic amines is 1. The molecule has 1 N–H and O–H groups in total. The van der Waals surface area contributed by atoms with Gasteiger partial charge in [0.05, 0.1) is 11.3 Å². The molecular formula is C20H17N4O4S+. The van der Waals surface area contributed by atoms with Crippen LogP contribution in [0.25, 0.3) is 11.3 Å².